The molecule has 28 heavy (non-hydrogen) atoms. The molecule has 0 fully saturated rings. The standard InChI is InChI=1S/C22H28N2O4/c1-13(2)16-6-8-17(9-7-16)21(14(3)4)24-20(26)12-28-22(27)19-10-18(11-23-19)15(5)25/h6-11,13-14,21,23H,12H2,1-5H3,(H,24,26)/t21-/m1/s1. The van der Waals surface area contributed by atoms with Crippen LogP contribution in [0, 0.1) is 5.92 Å². The molecule has 1 amide bonds. The molecule has 0 aliphatic heterocycles. The molecule has 0 bridgehead atoms. The highest BCUT2D eigenvalue weighted by Gasteiger charge is 2.20. The summed E-state index contributed by atoms with van der Waals surface area (Å²) in [4.78, 5) is 38.3. The van der Waals surface area contributed by atoms with E-state index in [1.165, 1.54) is 24.8 Å². The van der Waals surface area contributed by atoms with Gasteiger partial charge in [0.2, 0.25) is 0 Å². The first-order valence-corrected chi connectivity index (χ1v) is 9.44. The minimum atomic E-state index is -0.676. The van der Waals surface area contributed by atoms with E-state index < -0.39 is 5.97 Å². The fourth-order valence-electron chi connectivity index (χ4n) is 2.86. The van der Waals surface area contributed by atoms with Crippen LogP contribution in [0.2, 0.25) is 0 Å². The van der Waals surface area contributed by atoms with Crippen LogP contribution in [0.1, 0.15) is 78.6 Å². The number of aromatic nitrogens is 1. The number of carbonyl (C=O) groups is 3. The Labute approximate surface area is 165 Å². The zero-order valence-electron chi connectivity index (χ0n) is 17.0. The molecule has 150 valence electrons. The number of amides is 1. The average Bonchev–Trinajstić information content (AvgIpc) is 3.14. The van der Waals surface area contributed by atoms with E-state index in [2.05, 4.69) is 36.3 Å². The quantitative estimate of drug-likeness (QED) is 0.532. The monoisotopic (exact) mass is 384 g/mol. The predicted octanol–water partition coefficient (Wildman–Crippen LogP) is 4.01. The van der Waals surface area contributed by atoms with Crippen LogP contribution in [0.25, 0.3) is 0 Å². The van der Waals surface area contributed by atoms with Gasteiger partial charge in [0.05, 0.1) is 6.04 Å². The number of benzene rings is 1. The van der Waals surface area contributed by atoms with Crippen molar-refractivity contribution < 1.29 is 19.1 Å². The molecule has 6 nitrogen and oxygen atoms in total. The second-order valence-electron chi connectivity index (χ2n) is 7.54. The molecule has 2 rings (SSSR count). The molecule has 2 N–H and O–H groups in total. The highest BCUT2D eigenvalue weighted by atomic mass is 16.5. The molecule has 0 spiro atoms. The Kier molecular flexibility index (Phi) is 7.15. The third-order valence-electron chi connectivity index (χ3n) is 4.59. The molecular weight excluding hydrogens is 356 g/mol. The van der Waals surface area contributed by atoms with Crippen LogP contribution >= 0.6 is 0 Å². The van der Waals surface area contributed by atoms with Crippen molar-refractivity contribution in [2.75, 3.05) is 6.61 Å². The first-order valence-electron chi connectivity index (χ1n) is 9.44. The summed E-state index contributed by atoms with van der Waals surface area (Å²) in [6.45, 7) is 9.33. The van der Waals surface area contributed by atoms with Gasteiger partial charge in [0.15, 0.2) is 12.4 Å². The number of carbonyl (C=O) groups excluding carboxylic acids is 3. The summed E-state index contributed by atoms with van der Waals surface area (Å²) in [6.07, 6.45) is 1.44. The maximum Gasteiger partial charge on any atom is 0.355 e. The van der Waals surface area contributed by atoms with Crippen molar-refractivity contribution in [2.24, 2.45) is 5.92 Å². The lowest BCUT2D eigenvalue weighted by molar-refractivity contribution is -0.125. The SMILES string of the molecule is CC(=O)c1c[nH]c(C(=O)OCC(=O)N[C@@H](c2ccc(C(C)C)cc2)C(C)C)c1. The number of hydrogen-bond donors (Lipinski definition) is 2. The zero-order valence-corrected chi connectivity index (χ0v) is 17.0. The molecule has 0 aliphatic rings. The van der Waals surface area contributed by atoms with Gasteiger partial charge in [-0.25, -0.2) is 4.79 Å². The highest BCUT2D eigenvalue weighted by molar-refractivity contribution is 5.97. The summed E-state index contributed by atoms with van der Waals surface area (Å²) in [5, 5.41) is 2.93. The van der Waals surface area contributed by atoms with E-state index >= 15 is 0 Å². The topological polar surface area (TPSA) is 88.3 Å². The van der Waals surface area contributed by atoms with Gasteiger partial charge in [0.25, 0.3) is 5.91 Å². The van der Waals surface area contributed by atoms with E-state index in [9.17, 15) is 14.4 Å². The summed E-state index contributed by atoms with van der Waals surface area (Å²) in [7, 11) is 0. The Bertz CT molecular complexity index is 834. The number of Topliss-reactive ketones (excluding diaryl/α,β-unsaturated/α-hetero) is 1. The molecule has 0 radical (unpaired) electrons. The third kappa shape index (κ3) is 5.55. The average molecular weight is 384 g/mol. The second-order valence-corrected chi connectivity index (χ2v) is 7.54. The second kappa shape index (κ2) is 9.35. The van der Waals surface area contributed by atoms with Crippen LogP contribution in [0.15, 0.2) is 36.5 Å². The highest BCUT2D eigenvalue weighted by Crippen LogP contribution is 2.24. The maximum absolute atomic E-state index is 12.3. The Hall–Kier alpha value is -2.89. The van der Waals surface area contributed by atoms with Gasteiger partial charge >= 0.3 is 5.97 Å². The van der Waals surface area contributed by atoms with E-state index in [0.717, 1.165) is 5.56 Å². The van der Waals surface area contributed by atoms with Gasteiger partial charge in [-0.2, -0.15) is 0 Å². The van der Waals surface area contributed by atoms with E-state index in [1.54, 1.807) is 0 Å². The summed E-state index contributed by atoms with van der Waals surface area (Å²) in [5.74, 6) is -0.595. The fourth-order valence-corrected chi connectivity index (χ4v) is 2.86. The van der Waals surface area contributed by atoms with Crippen LogP contribution in [-0.4, -0.2) is 29.3 Å². The summed E-state index contributed by atoms with van der Waals surface area (Å²) in [6, 6.07) is 9.42. The van der Waals surface area contributed by atoms with Gasteiger partial charge in [-0.15, -0.1) is 0 Å². The molecule has 6 heteroatoms. The van der Waals surface area contributed by atoms with Crippen LogP contribution in [0.5, 0.6) is 0 Å². The van der Waals surface area contributed by atoms with Gasteiger partial charge in [0.1, 0.15) is 5.69 Å². The molecule has 1 heterocycles. The van der Waals surface area contributed by atoms with Crippen molar-refractivity contribution in [1.82, 2.24) is 10.3 Å². The van der Waals surface area contributed by atoms with E-state index in [4.69, 9.17) is 4.74 Å². The van der Waals surface area contributed by atoms with Crippen molar-refractivity contribution in [3.63, 3.8) is 0 Å². The third-order valence-corrected chi connectivity index (χ3v) is 4.59. The van der Waals surface area contributed by atoms with Gasteiger partial charge in [-0.3, -0.25) is 9.59 Å². The van der Waals surface area contributed by atoms with Crippen LogP contribution in [0.4, 0.5) is 0 Å². The number of ketones is 1. The number of rotatable bonds is 8. The van der Waals surface area contributed by atoms with Crippen molar-refractivity contribution in [2.45, 2.75) is 46.6 Å². The molecule has 0 saturated carbocycles. The van der Waals surface area contributed by atoms with Crippen LogP contribution in [-0.2, 0) is 9.53 Å². The predicted molar refractivity (Wildman–Crippen MR) is 107 cm³/mol. The van der Waals surface area contributed by atoms with Crippen LogP contribution in [0.3, 0.4) is 0 Å². The van der Waals surface area contributed by atoms with Crippen molar-refractivity contribution in [3.05, 3.63) is 58.9 Å². The Morgan fingerprint density at radius 2 is 1.64 bits per heavy atom. The van der Waals surface area contributed by atoms with E-state index in [-0.39, 0.29) is 36.0 Å². The lowest BCUT2D eigenvalue weighted by Gasteiger charge is -2.23. The summed E-state index contributed by atoms with van der Waals surface area (Å²) in [5.41, 5.74) is 2.78. The summed E-state index contributed by atoms with van der Waals surface area (Å²) >= 11 is 0. The minimum absolute atomic E-state index is 0.141. The van der Waals surface area contributed by atoms with Gasteiger partial charge < -0.3 is 15.0 Å². The first kappa shape index (κ1) is 21.4. The summed E-state index contributed by atoms with van der Waals surface area (Å²) < 4.78 is 5.06. The molecule has 0 aliphatic carbocycles. The van der Waals surface area contributed by atoms with Crippen molar-refractivity contribution in [1.29, 1.82) is 0 Å². The van der Waals surface area contributed by atoms with Gasteiger partial charge in [-0.1, -0.05) is 52.0 Å². The molecule has 1 aromatic heterocycles. The van der Waals surface area contributed by atoms with Crippen LogP contribution < -0.4 is 5.32 Å². The van der Waals surface area contributed by atoms with Crippen molar-refractivity contribution in [3.8, 4) is 0 Å². The number of nitrogens with one attached hydrogen (secondary N) is 2. The maximum atomic E-state index is 12.3. The molecule has 0 saturated heterocycles. The zero-order chi connectivity index (χ0) is 20.8. The first-order chi connectivity index (χ1) is 13.2. The molecule has 0 unspecified atom stereocenters. The number of aromatic amines is 1. The number of ether oxygens (including phenoxy) is 1. The largest absolute Gasteiger partial charge is 0.451 e. The smallest absolute Gasteiger partial charge is 0.355 e. The Morgan fingerprint density at radius 3 is 2.14 bits per heavy atom. The van der Waals surface area contributed by atoms with Crippen molar-refractivity contribution >= 4 is 17.7 Å². The lowest BCUT2D eigenvalue weighted by Crippen LogP contribution is -2.35. The van der Waals surface area contributed by atoms with E-state index in [1.807, 2.05) is 26.0 Å². The minimum Gasteiger partial charge on any atom is -0.451 e. The normalized spacial score (nSPS) is 12.1. The van der Waals surface area contributed by atoms with E-state index in [0.29, 0.717) is 11.5 Å². The molecule has 2 aromatic rings. The molecular formula is C22H28N2O4. The van der Waals surface area contributed by atoms with Gasteiger partial charge in [-0.05, 0) is 36.0 Å². The Morgan fingerprint density at radius 1 is 1.04 bits per heavy atom. The Balaban J connectivity index is 1.96. The molecule has 1 aromatic carbocycles. The fraction of sp³-hybridized carbons (Fsp3) is 0.409. The number of hydrogen-bond acceptors (Lipinski definition) is 4. The molecule has 1 atom stereocenters. The number of esters is 1. The number of H-pyrrole nitrogens is 1. The lowest BCUT2D eigenvalue weighted by atomic mass is 9.93. The van der Waals surface area contributed by atoms with Gasteiger partial charge in [0, 0.05) is 11.8 Å².